The molecule has 2 aromatic carbocycles. The first kappa shape index (κ1) is 22.8. The Morgan fingerprint density at radius 1 is 0.778 bits per heavy atom. The highest BCUT2D eigenvalue weighted by atomic mass is 16.2. The number of amides is 2. The zero-order chi connectivity index (χ0) is 24.5. The highest BCUT2D eigenvalue weighted by Gasteiger charge is 2.44. The average Bonchev–Trinajstić information content (AvgIpc) is 3.48. The molecular weight excluding hydrogens is 448 g/mol. The molecule has 36 heavy (non-hydrogen) atoms. The summed E-state index contributed by atoms with van der Waals surface area (Å²) in [5.74, 6) is 0.0584. The van der Waals surface area contributed by atoms with Crippen LogP contribution in [0.2, 0.25) is 0 Å². The Hall–Kier alpha value is -3.67. The summed E-state index contributed by atoms with van der Waals surface area (Å²) < 4.78 is 2.29. The van der Waals surface area contributed by atoms with Crippen LogP contribution in [0.25, 0.3) is 21.8 Å². The number of imide groups is 1. The van der Waals surface area contributed by atoms with Crippen LogP contribution < -0.4 is 5.01 Å². The molecule has 6 nitrogen and oxygen atoms in total. The quantitative estimate of drug-likeness (QED) is 0.242. The van der Waals surface area contributed by atoms with Gasteiger partial charge in [-0.25, -0.2) is 0 Å². The van der Waals surface area contributed by atoms with Gasteiger partial charge >= 0.3 is 0 Å². The molecule has 1 aliphatic carbocycles. The molecule has 0 atom stereocenters. The van der Waals surface area contributed by atoms with E-state index in [-0.39, 0.29) is 17.2 Å². The van der Waals surface area contributed by atoms with Crippen LogP contribution >= 0.6 is 0 Å². The number of likely N-dealkylation sites (tertiary alicyclic amines) is 1. The zero-order valence-corrected chi connectivity index (χ0v) is 20.6. The molecule has 6 rings (SSSR count). The van der Waals surface area contributed by atoms with Crippen molar-refractivity contribution in [3.05, 3.63) is 73.1 Å². The number of anilines is 1. The summed E-state index contributed by atoms with van der Waals surface area (Å²) in [5, 5.41) is 4.73. The minimum Gasteiger partial charge on any atom is -0.283 e. The summed E-state index contributed by atoms with van der Waals surface area (Å²) in [4.78, 5) is 31.5. The van der Waals surface area contributed by atoms with Gasteiger partial charge in [0.25, 0.3) is 0 Å². The van der Waals surface area contributed by atoms with Crippen LogP contribution in [-0.4, -0.2) is 39.5 Å². The van der Waals surface area contributed by atoms with E-state index in [1.54, 1.807) is 0 Å². The van der Waals surface area contributed by atoms with Crippen LogP contribution in [0.15, 0.2) is 73.1 Å². The van der Waals surface area contributed by atoms with Gasteiger partial charge in [-0.05, 0) is 55.4 Å². The number of nitrogens with zero attached hydrogens (tertiary/aromatic N) is 4. The van der Waals surface area contributed by atoms with Gasteiger partial charge < -0.3 is 0 Å². The number of hydrogen-bond acceptors (Lipinski definition) is 4. The smallest absolute Gasteiger partial charge is 0.229 e. The van der Waals surface area contributed by atoms with Crippen molar-refractivity contribution in [3.63, 3.8) is 0 Å². The Morgan fingerprint density at radius 3 is 1.97 bits per heavy atom. The van der Waals surface area contributed by atoms with Crippen molar-refractivity contribution in [1.82, 2.24) is 14.6 Å². The molecule has 1 saturated carbocycles. The number of para-hydroxylation sites is 2. The third-order valence-electron chi connectivity index (χ3n) is 8.08. The van der Waals surface area contributed by atoms with E-state index in [1.165, 1.54) is 15.7 Å². The summed E-state index contributed by atoms with van der Waals surface area (Å²) in [6.45, 7) is 1.26. The van der Waals surface area contributed by atoms with Crippen molar-refractivity contribution >= 4 is 39.3 Å². The van der Waals surface area contributed by atoms with E-state index in [4.69, 9.17) is 0 Å². The first-order chi connectivity index (χ1) is 17.7. The minimum atomic E-state index is -0.0423. The predicted octanol–water partition coefficient (Wildman–Crippen LogP) is 5.95. The molecule has 0 bridgehead atoms. The third-order valence-corrected chi connectivity index (χ3v) is 8.08. The molecule has 3 heterocycles. The Labute approximate surface area is 211 Å². The molecule has 0 radical (unpaired) electrons. The molecular formula is C30H32N4O2. The highest BCUT2D eigenvalue weighted by molar-refractivity contribution is 6.08. The van der Waals surface area contributed by atoms with Gasteiger partial charge in [-0.1, -0.05) is 49.2 Å². The number of unbranched alkanes of at least 4 members (excludes halogenated alkanes) is 1. The fraction of sp³-hybridized carbons (Fsp3) is 0.367. The first-order valence-corrected chi connectivity index (χ1v) is 13.1. The number of piperidine rings is 1. The monoisotopic (exact) mass is 480 g/mol. The summed E-state index contributed by atoms with van der Waals surface area (Å²) in [6.07, 6.45) is 10.7. The van der Waals surface area contributed by atoms with Gasteiger partial charge in [-0.3, -0.25) is 29.2 Å². The Balaban J connectivity index is 1.23. The number of benzene rings is 2. The van der Waals surface area contributed by atoms with Gasteiger partial charge in [0.15, 0.2) is 0 Å². The fourth-order valence-electron chi connectivity index (χ4n) is 6.32. The molecule has 1 aliphatic heterocycles. The number of carbonyl (C=O) groups excluding carboxylic acids is 2. The van der Waals surface area contributed by atoms with E-state index in [0.717, 1.165) is 61.8 Å². The highest BCUT2D eigenvalue weighted by Crippen LogP contribution is 2.47. The summed E-state index contributed by atoms with van der Waals surface area (Å²) in [6, 6.07) is 21.0. The largest absolute Gasteiger partial charge is 0.283 e. The van der Waals surface area contributed by atoms with Crippen LogP contribution in [0, 0.1) is 5.41 Å². The van der Waals surface area contributed by atoms with Crippen LogP contribution in [-0.2, 0) is 9.59 Å². The lowest BCUT2D eigenvalue weighted by Crippen LogP contribution is -2.47. The molecule has 1 saturated heterocycles. The number of aromatic nitrogens is 2. The van der Waals surface area contributed by atoms with E-state index in [9.17, 15) is 9.59 Å². The number of carbonyl (C=O) groups is 2. The summed E-state index contributed by atoms with van der Waals surface area (Å²) in [7, 11) is 0. The second-order valence-corrected chi connectivity index (χ2v) is 10.4. The maximum Gasteiger partial charge on any atom is 0.229 e. The maximum atomic E-state index is 12.9. The molecule has 6 heteroatoms. The molecule has 0 N–H and O–H groups in total. The van der Waals surface area contributed by atoms with E-state index in [0.29, 0.717) is 19.4 Å². The van der Waals surface area contributed by atoms with Gasteiger partial charge in [0, 0.05) is 49.1 Å². The van der Waals surface area contributed by atoms with Crippen LogP contribution in [0.5, 0.6) is 0 Å². The first-order valence-electron chi connectivity index (χ1n) is 13.1. The van der Waals surface area contributed by atoms with Crippen molar-refractivity contribution in [2.24, 2.45) is 5.41 Å². The van der Waals surface area contributed by atoms with Crippen LogP contribution in [0.3, 0.4) is 0 Å². The lowest BCUT2D eigenvalue weighted by atomic mass is 9.76. The topological polar surface area (TPSA) is 58.4 Å². The van der Waals surface area contributed by atoms with Gasteiger partial charge in [0.2, 0.25) is 11.8 Å². The van der Waals surface area contributed by atoms with E-state index in [1.807, 2.05) is 24.5 Å². The standard InChI is InChI=1S/C30H32N4O2/c35-28-21-30(15-5-6-16-30)22-29(36)32(28)19-7-8-20-33(23-13-17-31-18-14-23)34-26-11-3-1-9-24(26)25-10-2-4-12-27(25)34/h1-4,9-14,17-18H,5-8,15-16,19-22H2. The van der Waals surface area contributed by atoms with Gasteiger partial charge in [-0.15, -0.1) is 0 Å². The molecule has 2 amide bonds. The van der Waals surface area contributed by atoms with E-state index >= 15 is 0 Å². The SMILES string of the molecule is O=C1CC2(CCCC2)CC(=O)N1CCCCN(c1ccncc1)n1c2ccccc2c2ccccc21. The van der Waals surface area contributed by atoms with Gasteiger partial charge in [0.1, 0.15) is 0 Å². The molecule has 2 aliphatic rings. The number of rotatable bonds is 7. The summed E-state index contributed by atoms with van der Waals surface area (Å²) >= 11 is 0. The summed E-state index contributed by atoms with van der Waals surface area (Å²) in [5.41, 5.74) is 3.32. The van der Waals surface area contributed by atoms with Crippen molar-refractivity contribution < 1.29 is 9.59 Å². The minimum absolute atomic E-state index is 0.0292. The zero-order valence-electron chi connectivity index (χ0n) is 20.6. The molecule has 184 valence electrons. The molecule has 2 fully saturated rings. The number of hydrogen-bond donors (Lipinski definition) is 0. The van der Waals surface area contributed by atoms with E-state index in [2.05, 4.69) is 63.2 Å². The molecule has 0 unspecified atom stereocenters. The number of pyridine rings is 1. The fourth-order valence-corrected chi connectivity index (χ4v) is 6.32. The van der Waals surface area contributed by atoms with Crippen LogP contribution in [0.1, 0.15) is 51.4 Å². The van der Waals surface area contributed by atoms with Crippen molar-refractivity contribution in [1.29, 1.82) is 0 Å². The normalized spacial score (nSPS) is 17.5. The Bertz CT molecular complexity index is 1330. The van der Waals surface area contributed by atoms with E-state index < -0.39 is 0 Å². The molecule has 1 spiro atoms. The number of fused-ring (bicyclic) bond motifs is 3. The van der Waals surface area contributed by atoms with Crippen molar-refractivity contribution in [3.8, 4) is 0 Å². The van der Waals surface area contributed by atoms with Gasteiger partial charge in [0.05, 0.1) is 16.7 Å². The van der Waals surface area contributed by atoms with Gasteiger partial charge in [-0.2, -0.15) is 0 Å². The second kappa shape index (κ2) is 9.41. The molecule has 4 aromatic rings. The second-order valence-electron chi connectivity index (χ2n) is 10.4. The maximum absolute atomic E-state index is 12.9. The molecule has 2 aromatic heterocycles. The Morgan fingerprint density at radius 2 is 1.36 bits per heavy atom. The lowest BCUT2D eigenvalue weighted by Gasteiger charge is -2.37. The van der Waals surface area contributed by atoms with Crippen molar-refractivity contribution in [2.75, 3.05) is 18.1 Å². The van der Waals surface area contributed by atoms with Crippen molar-refractivity contribution in [2.45, 2.75) is 51.4 Å². The lowest BCUT2D eigenvalue weighted by molar-refractivity contribution is -0.153. The Kier molecular flexibility index (Phi) is 5.96. The van der Waals surface area contributed by atoms with Crippen LogP contribution in [0.4, 0.5) is 5.69 Å². The third kappa shape index (κ3) is 4.04. The average molecular weight is 481 g/mol. The predicted molar refractivity (Wildman–Crippen MR) is 143 cm³/mol.